The molecular formula is C15H14Cl3N3S. The second-order valence-electron chi connectivity index (χ2n) is 4.49. The highest BCUT2D eigenvalue weighted by molar-refractivity contribution is 7.80. The van der Waals surface area contributed by atoms with Crippen molar-refractivity contribution in [3.05, 3.63) is 63.1 Å². The third kappa shape index (κ3) is 5.21. The summed E-state index contributed by atoms with van der Waals surface area (Å²) in [5.74, 6) is 0. The van der Waals surface area contributed by atoms with E-state index in [1.165, 1.54) is 5.56 Å². The van der Waals surface area contributed by atoms with E-state index >= 15 is 0 Å². The number of hydrogen-bond acceptors (Lipinski definition) is 2. The van der Waals surface area contributed by atoms with Gasteiger partial charge in [-0.3, -0.25) is 10.9 Å². The summed E-state index contributed by atoms with van der Waals surface area (Å²) in [6.07, 6.45) is 0.880. The lowest BCUT2D eigenvalue weighted by Gasteiger charge is -2.14. The van der Waals surface area contributed by atoms with Gasteiger partial charge in [0.05, 0.1) is 15.7 Å². The largest absolute Gasteiger partial charge is 0.361 e. The van der Waals surface area contributed by atoms with Crippen molar-refractivity contribution in [2.24, 2.45) is 0 Å². The standard InChI is InChI=1S/C15H14Cl3N3S/c16-11-8-12(17)14(13(18)9-11)20-21-15(22)19-7-6-10-4-2-1-3-5-10/h1-5,8-9,20H,6-7H2,(H2,19,21,22). The minimum atomic E-state index is 0.414. The summed E-state index contributed by atoms with van der Waals surface area (Å²) in [6.45, 7) is 0.722. The van der Waals surface area contributed by atoms with Crippen LogP contribution in [0, 0.1) is 0 Å². The fraction of sp³-hybridized carbons (Fsp3) is 0.133. The Morgan fingerprint density at radius 1 is 1.00 bits per heavy atom. The van der Waals surface area contributed by atoms with Crippen molar-refractivity contribution in [1.82, 2.24) is 10.7 Å². The zero-order valence-corrected chi connectivity index (χ0v) is 14.6. The van der Waals surface area contributed by atoms with E-state index in [2.05, 4.69) is 28.3 Å². The lowest BCUT2D eigenvalue weighted by Crippen LogP contribution is -2.39. The van der Waals surface area contributed by atoms with Crippen LogP contribution in [0.2, 0.25) is 15.1 Å². The maximum Gasteiger partial charge on any atom is 0.185 e. The van der Waals surface area contributed by atoms with Crippen LogP contribution in [0.3, 0.4) is 0 Å². The highest BCUT2D eigenvalue weighted by Gasteiger charge is 2.07. The van der Waals surface area contributed by atoms with Crippen LogP contribution in [0.4, 0.5) is 5.69 Å². The molecule has 0 aliphatic carbocycles. The van der Waals surface area contributed by atoms with E-state index in [1.54, 1.807) is 12.1 Å². The summed E-state index contributed by atoms with van der Waals surface area (Å²) in [7, 11) is 0. The lowest BCUT2D eigenvalue weighted by molar-refractivity contribution is 0.849. The first-order valence-corrected chi connectivity index (χ1v) is 8.09. The maximum atomic E-state index is 6.07. The molecule has 0 radical (unpaired) electrons. The Balaban J connectivity index is 1.79. The molecule has 0 heterocycles. The van der Waals surface area contributed by atoms with Gasteiger partial charge in [0.2, 0.25) is 0 Å². The number of rotatable bonds is 5. The van der Waals surface area contributed by atoms with E-state index in [1.807, 2.05) is 18.2 Å². The molecular weight excluding hydrogens is 361 g/mol. The fourth-order valence-electron chi connectivity index (χ4n) is 1.79. The molecule has 2 rings (SSSR count). The van der Waals surface area contributed by atoms with E-state index in [0.29, 0.717) is 25.9 Å². The first-order valence-electron chi connectivity index (χ1n) is 6.54. The smallest absolute Gasteiger partial charge is 0.185 e. The molecule has 0 saturated heterocycles. The van der Waals surface area contributed by atoms with Crippen molar-refractivity contribution in [3.8, 4) is 0 Å². The van der Waals surface area contributed by atoms with Crippen LogP contribution >= 0.6 is 47.0 Å². The van der Waals surface area contributed by atoms with Gasteiger partial charge >= 0.3 is 0 Å². The van der Waals surface area contributed by atoms with E-state index in [4.69, 9.17) is 47.0 Å². The van der Waals surface area contributed by atoms with Gasteiger partial charge in [0.25, 0.3) is 0 Å². The van der Waals surface area contributed by atoms with Crippen LogP contribution in [0.15, 0.2) is 42.5 Å². The molecule has 116 valence electrons. The zero-order chi connectivity index (χ0) is 15.9. The summed E-state index contributed by atoms with van der Waals surface area (Å²) < 4.78 is 0. The Labute approximate surface area is 149 Å². The van der Waals surface area contributed by atoms with Crippen molar-refractivity contribution in [3.63, 3.8) is 0 Å². The highest BCUT2D eigenvalue weighted by atomic mass is 35.5. The molecule has 22 heavy (non-hydrogen) atoms. The van der Waals surface area contributed by atoms with Crippen LogP contribution in [0.25, 0.3) is 0 Å². The number of nitrogens with one attached hydrogen (secondary N) is 3. The molecule has 0 aliphatic heterocycles. The Kier molecular flexibility index (Phi) is 6.58. The van der Waals surface area contributed by atoms with Crippen molar-refractivity contribution in [2.75, 3.05) is 12.0 Å². The topological polar surface area (TPSA) is 36.1 Å². The first kappa shape index (κ1) is 17.2. The Morgan fingerprint density at radius 2 is 1.64 bits per heavy atom. The average molecular weight is 375 g/mol. The molecule has 0 aromatic heterocycles. The number of benzene rings is 2. The van der Waals surface area contributed by atoms with Gasteiger partial charge in [-0.05, 0) is 36.3 Å². The van der Waals surface area contributed by atoms with E-state index in [9.17, 15) is 0 Å². The molecule has 0 aliphatic rings. The average Bonchev–Trinajstić information content (AvgIpc) is 2.47. The summed E-state index contributed by atoms with van der Waals surface area (Å²) >= 11 is 23.2. The number of anilines is 1. The fourth-order valence-corrected chi connectivity index (χ4v) is 2.85. The quantitative estimate of drug-likeness (QED) is 0.524. The molecule has 2 aromatic rings. The molecule has 2 aromatic carbocycles. The number of halogens is 3. The molecule has 0 spiro atoms. The van der Waals surface area contributed by atoms with Gasteiger partial charge in [-0.2, -0.15) is 0 Å². The summed E-state index contributed by atoms with van der Waals surface area (Å²) in [5, 5.41) is 4.86. The number of hydrogen-bond donors (Lipinski definition) is 3. The maximum absolute atomic E-state index is 6.07. The van der Waals surface area contributed by atoms with Gasteiger partial charge in [0.1, 0.15) is 0 Å². The highest BCUT2D eigenvalue weighted by Crippen LogP contribution is 2.32. The third-order valence-electron chi connectivity index (χ3n) is 2.85. The molecule has 0 amide bonds. The van der Waals surface area contributed by atoms with Crippen LogP contribution in [0.1, 0.15) is 5.56 Å². The van der Waals surface area contributed by atoms with Crippen molar-refractivity contribution >= 4 is 57.8 Å². The van der Waals surface area contributed by atoms with Crippen LogP contribution < -0.4 is 16.2 Å². The van der Waals surface area contributed by atoms with Crippen LogP contribution in [0.5, 0.6) is 0 Å². The molecule has 3 N–H and O–H groups in total. The third-order valence-corrected chi connectivity index (χ3v) is 3.91. The molecule has 3 nitrogen and oxygen atoms in total. The second kappa shape index (κ2) is 8.44. The zero-order valence-electron chi connectivity index (χ0n) is 11.5. The Hall–Kier alpha value is -1.20. The van der Waals surface area contributed by atoms with Gasteiger partial charge in [0.15, 0.2) is 5.11 Å². The Morgan fingerprint density at radius 3 is 2.27 bits per heavy atom. The minimum Gasteiger partial charge on any atom is -0.361 e. The van der Waals surface area contributed by atoms with E-state index in [-0.39, 0.29) is 0 Å². The predicted octanol–water partition coefficient (Wildman–Crippen LogP) is 4.68. The molecule has 0 atom stereocenters. The van der Waals surface area contributed by atoms with Gasteiger partial charge in [-0.15, -0.1) is 0 Å². The van der Waals surface area contributed by atoms with E-state index in [0.717, 1.165) is 13.0 Å². The van der Waals surface area contributed by atoms with Crippen molar-refractivity contribution < 1.29 is 0 Å². The first-order chi connectivity index (χ1) is 10.6. The molecule has 0 fully saturated rings. The van der Waals surface area contributed by atoms with Crippen LogP contribution in [-0.4, -0.2) is 11.7 Å². The lowest BCUT2D eigenvalue weighted by atomic mass is 10.1. The minimum absolute atomic E-state index is 0.414. The second-order valence-corrected chi connectivity index (χ2v) is 6.15. The summed E-state index contributed by atoms with van der Waals surface area (Å²) in [5.41, 5.74) is 7.50. The van der Waals surface area contributed by atoms with Gasteiger partial charge < -0.3 is 5.32 Å². The van der Waals surface area contributed by atoms with Crippen molar-refractivity contribution in [1.29, 1.82) is 0 Å². The number of thiocarbonyl (C=S) groups is 1. The monoisotopic (exact) mass is 373 g/mol. The van der Waals surface area contributed by atoms with Crippen LogP contribution in [-0.2, 0) is 6.42 Å². The van der Waals surface area contributed by atoms with Gasteiger partial charge in [-0.25, -0.2) is 0 Å². The van der Waals surface area contributed by atoms with Gasteiger partial charge in [-0.1, -0.05) is 65.1 Å². The Bertz CT molecular complexity index is 627. The van der Waals surface area contributed by atoms with E-state index < -0.39 is 0 Å². The molecule has 7 heteroatoms. The summed E-state index contributed by atoms with van der Waals surface area (Å²) in [4.78, 5) is 0. The van der Waals surface area contributed by atoms with Gasteiger partial charge in [0, 0.05) is 11.6 Å². The number of hydrazine groups is 1. The normalized spacial score (nSPS) is 10.1. The molecule has 0 unspecified atom stereocenters. The summed E-state index contributed by atoms with van der Waals surface area (Å²) in [6, 6.07) is 13.4. The SMILES string of the molecule is S=C(NCCc1ccccc1)NNc1c(Cl)cc(Cl)cc1Cl. The predicted molar refractivity (Wildman–Crippen MR) is 99.0 cm³/mol. The molecule has 0 bridgehead atoms. The molecule has 0 saturated carbocycles. The van der Waals surface area contributed by atoms with Crippen molar-refractivity contribution in [2.45, 2.75) is 6.42 Å².